The van der Waals surface area contributed by atoms with Crippen LogP contribution in [-0.4, -0.2) is 12.5 Å². The van der Waals surface area contributed by atoms with E-state index in [4.69, 9.17) is 0 Å². The molecule has 0 saturated carbocycles. The molecule has 2 N–H and O–H groups in total. The molecule has 0 fully saturated rings. The van der Waals surface area contributed by atoms with Gasteiger partial charge in [0, 0.05) is 13.0 Å². The molecule has 0 heterocycles. The molecule has 0 atom stereocenters. The molecule has 0 unspecified atom stereocenters. The van der Waals surface area contributed by atoms with E-state index in [9.17, 15) is 4.79 Å². The lowest BCUT2D eigenvalue weighted by Crippen LogP contribution is -2.38. The molecule has 0 aliphatic heterocycles. The minimum absolute atomic E-state index is 0.0894. The molecule has 0 aromatic heterocycles. The number of amides is 1. The zero-order chi connectivity index (χ0) is 10.1. The molecule has 0 saturated heterocycles. The Kier molecular flexibility index (Phi) is 7.69. The first kappa shape index (κ1) is 12.4. The van der Waals surface area contributed by atoms with Gasteiger partial charge < -0.3 is 0 Å². The van der Waals surface area contributed by atoms with Crippen LogP contribution in [0.15, 0.2) is 0 Å². The summed E-state index contributed by atoms with van der Waals surface area (Å²) in [6.45, 7) is 7.11. The summed E-state index contributed by atoms with van der Waals surface area (Å²) in [5.74, 6) is 0.518. The number of hydrogen-bond acceptors (Lipinski definition) is 2. The first-order valence-electron chi connectivity index (χ1n) is 5.18. The predicted molar refractivity (Wildman–Crippen MR) is 55.1 cm³/mol. The predicted octanol–water partition coefficient (Wildman–Crippen LogP) is 1.84. The number of carbonyl (C=O) groups is 1. The topological polar surface area (TPSA) is 41.1 Å². The van der Waals surface area contributed by atoms with Crippen molar-refractivity contribution in [3.8, 4) is 0 Å². The van der Waals surface area contributed by atoms with Gasteiger partial charge in [-0.05, 0) is 12.3 Å². The van der Waals surface area contributed by atoms with Gasteiger partial charge in [0.25, 0.3) is 0 Å². The highest BCUT2D eigenvalue weighted by Gasteiger charge is 2.02. The molecule has 0 rings (SSSR count). The standard InChI is InChI=1S/C10H22N2O/c1-4-5-6-7-11-12-10(13)8-9(2)3/h9,11H,4-8H2,1-3H3,(H,12,13). The molecule has 0 aromatic carbocycles. The second kappa shape index (κ2) is 8.05. The fraction of sp³-hybridized carbons (Fsp3) is 0.900. The molecule has 0 spiro atoms. The molecule has 1 amide bonds. The summed E-state index contributed by atoms with van der Waals surface area (Å²) in [6, 6.07) is 0. The maximum atomic E-state index is 11.1. The maximum absolute atomic E-state index is 11.1. The summed E-state index contributed by atoms with van der Waals surface area (Å²) in [4.78, 5) is 11.1. The van der Waals surface area contributed by atoms with E-state index in [1.54, 1.807) is 0 Å². The number of carbonyl (C=O) groups excluding carboxylic acids is 1. The minimum Gasteiger partial charge on any atom is -0.292 e. The average molecular weight is 186 g/mol. The lowest BCUT2D eigenvalue weighted by Gasteiger charge is -2.07. The second-order valence-electron chi connectivity index (χ2n) is 3.78. The quantitative estimate of drug-likeness (QED) is 0.470. The average Bonchev–Trinajstić information content (AvgIpc) is 2.02. The van der Waals surface area contributed by atoms with Crippen molar-refractivity contribution in [3.63, 3.8) is 0 Å². The van der Waals surface area contributed by atoms with E-state index in [1.807, 2.05) is 13.8 Å². The zero-order valence-corrected chi connectivity index (χ0v) is 9.02. The van der Waals surface area contributed by atoms with Crippen molar-refractivity contribution in [2.24, 2.45) is 5.92 Å². The Hall–Kier alpha value is -0.570. The Morgan fingerprint density at radius 2 is 2.00 bits per heavy atom. The van der Waals surface area contributed by atoms with E-state index in [2.05, 4.69) is 17.8 Å². The van der Waals surface area contributed by atoms with E-state index in [0.29, 0.717) is 12.3 Å². The van der Waals surface area contributed by atoms with Crippen molar-refractivity contribution in [1.29, 1.82) is 0 Å². The van der Waals surface area contributed by atoms with E-state index in [-0.39, 0.29) is 5.91 Å². The van der Waals surface area contributed by atoms with Gasteiger partial charge in [-0.25, -0.2) is 5.43 Å². The molecule has 0 bridgehead atoms. The van der Waals surface area contributed by atoms with Gasteiger partial charge in [0.1, 0.15) is 0 Å². The SMILES string of the molecule is CCCCCNNC(=O)CC(C)C. The van der Waals surface area contributed by atoms with Gasteiger partial charge in [-0.2, -0.15) is 0 Å². The van der Waals surface area contributed by atoms with Gasteiger partial charge in [0.2, 0.25) is 5.91 Å². The Morgan fingerprint density at radius 3 is 2.54 bits per heavy atom. The van der Waals surface area contributed by atoms with Gasteiger partial charge in [-0.15, -0.1) is 0 Å². The number of nitrogens with one attached hydrogen (secondary N) is 2. The summed E-state index contributed by atoms with van der Waals surface area (Å²) in [5, 5.41) is 0. The van der Waals surface area contributed by atoms with Crippen LogP contribution in [0, 0.1) is 5.92 Å². The van der Waals surface area contributed by atoms with Crippen molar-refractivity contribution in [2.45, 2.75) is 46.5 Å². The van der Waals surface area contributed by atoms with Crippen molar-refractivity contribution in [1.82, 2.24) is 10.9 Å². The summed E-state index contributed by atoms with van der Waals surface area (Å²) in [5.41, 5.74) is 5.61. The Bertz CT molecular complexity index is 135. The maximum Gasteiger partial charge on any atom is 0.234 e. The van der Waals surface area contributed by atoms with Crippen LogP contribution in [0.1, 0.15) is 46.5 Å². The third kappa shape index (κ3) is 9.34. The highest BCUT2D eigenvalue weighted by Crippen LogP contribution is 1.97. The van der Waals surface area contributed by atoms with E-state index in [0.717, 1.165) is 13.0 Å². The van der Waals surface area contributed by atoms with Gasteiger partial charge in [0.05, 0.1) is 0 Å². The van der Waals surface area contributed by atoms with Crippen molar-refractivity contribution in [3.05, 3.63) is 0 Å². The van der Waals surface area contributed by atoms with E-state index >= 15 is 0 Å². The molecule has 3 heteroatoms. The first-order valence-corrected chi connectivity index (χ1v) is 5.18. The molecule has 3 nitrogen and oxygen atoms in total. The van der Waals surface area contributed by atoms with Gasteiger partial charge in [0.15, 0.2) is 0 Å². The summed E-state index contributed by atoms with van der Waals surface area (Å²) >= 11 is 0. The van der Waals surface area contributed by atoms with Gasteiger partial charge in [-0.3, -0.25) is 10.2 Å². The molecular weight excluding hydrogens is 164 g/mol. The lowest BCUT2D eigenvalue weighted by molar-refractivity contribution is -0.122. The number of hydrogen-bond donors (Lipinski definition) is 2. The number of hydrazine groups is 1. The van der Waals surface area contributed by atoms with Gasteiger partial charge >= 0.3 is 0 Å². The Balaban J connectivity index is 3.17. The van der Waals surface area contributed by atoms with Crippen molar-refractivity contribution >= 4 is 5.91 Å². The Labute approximate surface area is 81.3 Å². The molecule has 78 valence electrons. The summed E-state index contributed by atoms with van der Waals surface area (Å²) in [6.07, 6.45) is 4.15. The largest absolute Gasteiger partial charge is 0.292 e. The zero-order valence-electron chi connectivity index (χ0n) is 9.02. The summed E-state index contributed by atoms with van der Waals surface area (Å²) < 4.78 is 0. The normalized spacial score (nSPS) is 10.5. The fourth-order valence-corrected chi connectivity index (χ4v) is 1.05. The van der Waals surface area contributed by atoms with Crippen LogP contribution in [0.5, 0.6) is 0 Å². The molecule has 0 aromatic rings. The molecule has 0 aliphatic carbocycles. The molecule has 0 aliphatic rings. The third-order valence-electron chi connectivity index (χ3n) is 1.73. The highest BCUT2D eigenvalue weighted by molar-refractivity contribution is 5.75. The lowest BCUT2D eigenvalue weighted by atomic mass is 10.1. The smallest absolute Gasteiger partial charge is 0.234 e. The number of unbranched alkanes of at least 4 members (excludes halogenated alkanes) is 2. The highest BCUT2D eigenvalue weighted by atomic mass is 16.2. The van der Waals surface area contributed by atoms with Crippen molar-refractivity contribution < 1.29 is 4.79 Å². The molecule has 13 heavy (non-hydrogen) atoms. The summed E-state index contributed by atoms with van der Waals surface area (Å²) in [7, 11) is 0. The van der Waals surface area contributed by atoms with Crippen molar-refractivity contribution in [2.75, 3.05) is 6.54 Å². The van der Waals surface area contributed by atoms with Crippen LogP contribution in [0.3, 0.4) is 0 Å². The minimum atomic E-state index is 0.0894. The van der Waals surface area contributed by atoms with Crippen LogP contribution < -0.4 is 10.9 Å². The third-order valence-corrected chi connectivity index (χ3v) is 1.73. The van der Waals surface area contributed by atoms with E-state index in [1.165, 1.54) is 12.8 Å². The Morgan fingerprint density at radius 1 is 1.31 bits per heavy atom. The number of rotatable bonds is 7. The monoisotopic (exact) mass is 186 g/mol. The fourth-order valence-electron chi connectivity index (χ4n) is 1.05. The van der Waals surface area contributed by atoms with Crippen LogP contribution in [-0.2, 0) is 4.79 Å². The van der Waals surface area contributed by atoms with Crippen LogP contribution >= 0.6 is 0 Å². The van der Waals surface area contributed by atoms with Gasteiger partial charge in [-0.1, -0.05) is 33.6 Å². The van der Waals surface area contributed by atoms with Crippen LogP contribution in [0.25, 0.3) is 0 Å². The van der Waals surface area contributed by atoms with Crippen LogP contribution in [0.4, 0.5) is 0 Å². The first-order chi connectivity index (χ1) is 6.16. The molecule has 0 radical (unpaired) electrons. The molecular formula is C10H22N2O. The van der Waals surface area contributed by atoms with Crippen LogP contribution in [0.2, 0.25) is 0 Å². The second-order valence-corrected chi connectivity index (χ2v) is 3.78. The van der Waals surface area contributed by atoms with E-state index < -0.39 is 0 Å².